The Bertz CT molecular complexity index is 447. The Labute approximate surface area is 106 Å². The quantitative estimate of drug-likeness (QED) is 0.544. The number of carbonyl (C=O) groups is 1. The molecule has 5 heteroatoms. The van der Waals surface area contributed by atoms with Gasteiger partial charge in [-0.1, -0.05) is 30.3 Å². The third-order valence-corrected chi connectivity index (χ3v) is 3.38. The topological polar surface area (TPSA) is 90.4 Å². The number of nitrogens with two attached hydrogens (primary N) is 1. The van der Waals surface area contributed by atoms with Gasteiger partial charge in [-0.15, -0.1) is 0 Å². The lowest BCUT2D eigenvalue weighted by Gasteiger charge is -2.24. The normalized spacial score (nSPS) is 24.0. The lowest BCUT2D eigenvalue weighted by Crippen LogP contribution is -2.43. The first-order chi connectivity index (χ1) is 8.59. The molecule has 5 nitrogen and oxygen atoms in total. The zero-order chi connectivity index (χ0) is 13.1. The lowest BCUT2D eigenvalue weighted by molar-refractivity contribution is -0.143. The smallest absolute Gasteiger partial charge is 0.321 e. The minimum absolute atomic E-state index is 0.0297. The van der Waals surface area contributed by atoms with Crippen LogP contribution >= 0.6 is 0 Å². The molecule has 1 fully saturated rings. The van der Waals surface area contributed by atoms with Crippen molar-refractivity contribution in [2.75, 3.05) is 6.54 Å². The predicted molar refractivity (Wildman–Crippen MR) is 68.3 cm³/mol. The molecule has 0 spiro atoms. The zero-order valence-corrected chi connectivity index (χ0v) is 10.0. The van der Waals surface area contributed by atoms with Crippen LogP contribution in [0.25, 0.3) is 0 Å². The van der Waals surface area contributed by atoms with Crippen LogP contribution in [0.2, 0.25) is 0 Å². The highest BCUT2D eigenvalue weighted by Gasteiger charge is 2.40. The highest BCUT2D eigenvalue weighted by molar-refractivity contribution is 5.87. The maximum atomic E-state index is 11.3. The van der Waals surface area contributed by atoms with Gasteiger partial charge >= 0.3 is 5.97 Å². The molecular formula is C13H17N3O2. The van der Waals surface area contributed by atoms with E-state index in [1.165, 1.54) is 0 Å². The Morgan fingerprint density at radius 2 is 2.11 bits per heavy atom. The third kappa shape index (κ3) is 2.51. The Kier molecular flexibility index (Phi) is 3.62. The Morgan fingerprint density at radius 1 is 1.44 bits per heavy atom. The van der Waals surface area contributed by atoms with Crippen molar-refractivity contribution in [2.24, 2.45) is 11.7 Å². The van der Waals surface area contributed by atoms with Gasteiger partial charge < -0.3 is 10.8 Å². The summed E-state index contributed by atoms with van der Waals surface area (Å²) < 4.78 is 0. The van der Waals surface area contributed by atoms with E-state index in [0.717, 1.165) is 5.56 Å². The molecule has 1 aliphatic heterocycles. The van der Waals surface area contributed by atoms with Crippen LogP contribution < -0.4 is 5.73 Å². The summed E-state index contributed by atoms with van der Waals surface area (Å²) in [5.41, 5.74) is 6.55. The van der Waals surface area contributed by atoms with E-state index in [1.54, 1.807) is 0 Å². The van der Waals surface area contributed by atoms with Gasteiger partial charge in [0.1, 0.15) is 6.04 Å². The van der Waals surface area contributed by atoms with Crippen molar-refractivity contribution >= 4 is 11.8 Å². The molecule has 0 aliphatic carbocycles. The number of nitrogens with one attached hydrogen (secondary N) is 1. The first-order valence-corrected chi connectivity index (χ1v) is 5.94. The van der Waals surface area contributed by atoms with Crippen molar-refractivity contribution in [1.29, 1.82) is 5.41 Å². The fraction of sp³-hybridized carbons (Fsp3) is 0.385. The molecule has 2 unspecified atom stereocenters. The minimum Gasteiger partial charge on any atom is -0.480 e. The molecule has 18 heavy (non-hydrogen) atoms. The van der Waals surface area contributed by atoms with Crippen LogP contribution in [0.5, 0.6) is 0 Å². The largest absolute Gasteiger partial charge is 0.480 e. The van der Waals surface area contributed by atoms with E-state index in [1.807, 2.05) is 35.2 Å². The van der Waals surface area contributed by atoms with E-state index in [-0.39, 0.29) is 11.8 Å². The van der Waals surface area contributed by atoms with Gasteiger partial charge in [0.05, 0.1) is 5.84 Å². The van der Waals surface area contributed by atoms with E-state index in [2.05, 4.69) is 0 Å². The molecule has 0 radical (unpaired) electrons. The summed E-state index contributed by atoms with van der Waals surface area (Å²) in [4.78, 5) is 13.2. The van der Waals surface area contributed by atoms with Gasteiger partial charge in [0.15, 0.2) is 0 Å². The van der Waals surface area contributed by atoms with Crippen molar-refractivity contribution in [3.8, 4) is 0 Å². The molecule has 4 N–H and O–H groups in total. The molecule has 1 saturated heterocycles. The summed E-state index contributed by atoms with van der Waals surface area (Å²) in [6, 6.07) is 9.07. The van der Waals surface area contributed by atoms with Crippen LogP contribution in [0, 0.1) is 11.3 Å². The summed E-state index contributed by atoms with van der Waals surface area (Å²) in [6.07, 6.45) is 0.638. The Balaban J connectivity index is 2.13. The van der Waals surface area contributed by atoms with Crippen molar-refractivity contribution < 1.29 is 9.90 Å². The van der Waals surface area contributed by atoms with Crippen LogP contribution in [0.1, 0.15) is 12.0 Å². The van der Waals surface area contributed by atoms with Crippen molar-refractivity contribution in [2.45, 2.75) is 19.0 Å². The van der Waals surface area contributed by atoms with Crippen LogP contribution in [0.15, 0.2) is 30.3 Å². The summed E-state index contributed by atoms with van der Waals surface area (Å²) in [5.74, 6) is -1.30. The molecule has 0 aromatic heterocycles. The van der Waals surface area contributed by atoms with Gasteiger partial charge in [-0.3, -0.25) is 15.1 Å². The predicted octanol–water partition coefficient (Wildman–Crippen LogP) is 0.898. The van der Waals surface area contributed by atoms with Crippen LogP contribution in [-0.2, 0) is 11.3 Å². The number of aliphatic carboxylic acids is 1. The fourth-order valence-corrected chi connectivity index (χ4v) is 2.51. The van der Waals surface area contributed by atoms with Crippen molar-refractivity contribution in [3.05, 3.63) is 35.9 Å². The van der Waals surface area contributed by atoms with Crippen LogP contribution in [0.3, 0.4) is 0 Å². The third-order valence-electron chi connectivity index (χ3n) is 3.38. The first-order valence-electron chi connectivity index (χ1n) is 5.94. The SMILES string of the molecule is N=C(N)C1CCN(Cc2ccccc2)C1C(=O)O. The molecule has 0 bridgehead atoms. The molecule has 1 aliphatic rings. The van der Waals surface area contributed by atoms with E-state index < -0.39 is 12.0 Å². The monoisotopic (exact) mass is 247 g/mol. The van der Waals surface area contributed by atoms with Crippen LogP contribution in [-0.4, -0.2) is 34.4 Å². The van der Waals surface area contributed by atoms with Gasteiger partial charge in [0.25, 0.3) is 0 Å². The molecular weight excluding hydrogens is 230 g/mol. The van der Waals surface area contributed by atoms with Gasteiger partial charge in [0, 0.05) is 19.0 Å². The highest BCUT2D eigenvalue weighted by Crippen LogP contribution is 2.26. The number of likely N-dealkylation sites (tertiary alicyclic amines) is 1. The number of amidine groups is 1. The molecule has 1 heterocycles. The molecule has 1 aromatic rings. The number of carboxylic acid groups (broad SMARTS) is 1. The van der Waals surface area contributed by atoms with E-state index in [9.17, 15) is 9.90 Å². The first kappa shape index (κ1) is 12.6. The lowest BCUT2D eigenvalue weighted by atomic mass is 9.99. The number of carboxylic acids is 1. The van der Waals surface area contributed by atoms with Gasteiger partial charge in [-0.2, -0.15) is 0 Å². The molecule has 1 aromatic carbocycles. The van der Waals surface area contributed by atoms with E-state index in [0.29, 0.717) is 19.5 Å². The maximum absolute atomic E-state index is 11.3. The standard InChI is InChI=1S/C13H17N3O2/c14-12(15)10-6-7-16(11(10)13(17)18)8-9-4-2-1-3-5-9/h1-5,10-11H,6-8H2,(H3,14,15)(H,17,18). The number of hydrogen-bond donors (Lipinski definition) is 3. The van der Waals surface area contributed by atoms with E-state index >= 15 is 0 Å². The second-order valence-electron chi connectivity index (χ2n) is 4.59. The second kappa shape index (κ2) is 5.18. The average molecular weight is 247 g/mol. The fourth-order valence-electron chi connectivity index (χ4n) is 2.51. The molecule has 0 amide bonds. The highest BCUT2D eigenvalue weighted by atomic mass is 16.4. The Hall–Kier alpha value is -1.88. The molecule has 96 valence electrons. The molecule has 2 rings (SSSR count). The van der Waals surface area contributed by atoms with Gasteiger partial charge in [-0.25, -0.2) is 0 Å². The average Bonchev–Trinajstić information content (AvgIpc) is 2.74. The van der Waals surface area contributed by atoms with Gasteiger partial charge in [-0.05, 0) is 12.0 Å². The van der Waals surface area contributed by atoms with Gasteiger partial charge in [0.2, 0.25) is 0 Å². The maximum Gasteiger partial charge on any atom is 0.321 e. The minimum atomic E-state index is -0.899. The number of rotatable bonds is 4. The zero-order valence-electron chi connectivity index (χ0n) is 10.0. The summed E-state index contributed by atoms with van der Waals surface area (Å²) in [7, 11) is 0. The summed E-state index contributed by atoms with van der Waals surface area (Å²) in [6.45, 7) is 1.25. The van der Waals surface area contributed by atoms with Crippen molar-refractivity contribution in [1.82, 2.24) is 4.90 Å². The number of benzene rings is 1. The summed E-state index contributed by atoms with van der Waals surface area (Å²) in [5, 5.41) is 16.8. The molecule has 0 saturated carbocycles. The summed E-state index contributed by atoms with van der Waals surface area (Å²) >= 11 is 0. The second-order valence-corrected chi connectivity index (χ2v) is 4.59. The van der Waals surface area contributed by atoms with Crippen molar-refractivity contribution in [3.63, 3.8) is 0 Å². The Morgan fingerprint density at radius 3 is 2.67 bits per heavy atom. The van der Waals surface area contributed by atoms with Crippen LogP contribution in [0.4, 0.5) is 0 Å². The van der Waals surface area contributed by atoms with E-state index in [4.69, 9.17) is 11.1 Å². The molecule has 2 atom stereocenters. The number of nitrogens with zero attached hydrogens (tertiary/aromatic N) is 1. The number of hydrogen-bond acceptors (Lipinski definition) is 3.